The van der Waals surface area contributed by atoms with Crippen molar-refractivity contribution >= 4 is 27.5 Å². The van der Waals surface area contributed by atoms with Gasteiger partial charge in [0.05, 0.1) is 0 Å². The minimum Gasteiger partial charge on any atom is -0.326 e. The van der Waals surface area contributed by atoms with Crippen molar-refractivity contribution in [3.8, 4) is 0 Å². The van der Waals surface area contributed by atoms with Crippen molar-refractivity contribution in [3.05, 3.63) is 27.7 Å². The van der Waals surface area contributed by atoms with Crippen LogP contribution in [0.15, 0.2) is 16.6 Å². The summed E-state index contributed by atoms with van der Waals surface area (Å²) in [6.45, 7) is 8.00. The van der Waals surface area contributed by atoms with E-state index in [4.69, 9.17) is 0 Å². The maximum atomic E-state index is 13.5. The van der Waals surface area contributed by atoms with Crippen LogP contribution in [0.1, 0.15) is 69.9 Å². The summed E-state index contributed by atoms with van der Waals surface area (Å²) in [5, 5.41) is 3.03. The normalized spacial score (nSPS) is 18.5. The van der Waals surface area contributed by atoms with Crippen LogP contribution < -0.4 is 5.32 Å². The van der Waals surface area contributed by atoms with E-state index in [1.807, 2.05) is 39.8 Å². The van der Waals surface area contributed by atoms with E-state index in [1.165, 1.54) is 0 Å². The summed E-state index contributed by atoms with van der Waals surface area (Å²) in [5.41, 5.74) is 2.63. The fraction of sp³-hybridized carbons (Fsp3) is 0.632. The van der Waals surface area contributed by atoms with Crippen molar-refractivity contribution in [2.45, 2.75) is 71.6 Å². The largest absolute Gasteiger partial charge is 0.326 e. The first-order chi connectivity index (χ1) is 11.0. The Labute approximate surface area is 151 Å². The second-order valence-electron chi connectivity index (χ2n) is 8.10. The Hall–Kier alpha value is -0.970. The maximum Gasteiger partial charge on any atom is 0.248 e. The number of alkyl halides is 2. The standard InChI is InChI=1S/C19H26BrF2NO/c1-12-9-14(20)10-15(13-5-7-19(21,22)8-6-13)17(12)23-16(24)11-18(2,3)4/h9-10,13H,5-8,11H2,1-4H3,(H,23,24). The molecule has 1 aliphatic rings. The molecule has 1 N–H and O–H groups in total. The molecule has 1 saturated carbocycles. The van der Waals surface area contributed by atoms with E-state index < -0.39 is 5.92 Å². The average Bonchev–Trinajstić information content (AvgIpc) is 2.39. The number of aryl methyl sites for hydroxylation is 1. The van der Waals surface area contributed by atoms with Gasteiger partial charge in [-0.3, -0.25) is 4.79 Å². The molecule has 0 unspecified atom stereocenters. The lowest BCUT2D eigenvalue weighted by atomic mass is 9.81. The van der Waals surface area contributed by atoms with E-state index in [0.717, 1.165) is 21.3 Å². The number of halogens is 3. The van der Waals surface area contributed by atoms with Crippen LogP contribution in [-0.4, -0.2) is 11.8 Å². The van der Waals surface area contributed by atoms with Gasteiger partial charge in [0.2, 0.25) is 11.8 Å². The Bertz CT molecular complexity index is 613. The van der Waals surface area contributed by atoms with E-state index in [1.54, 1.807) is 0 Å². The molecule has 2 nitrogen and oxygen atoms in total. The number of rotatable bonds is 3. The van der Waals surface area contributed by atoms with Crippen LogP contribution in [0.25, 0.3) is 0 Å². The summed E-state index contributed by atoms with van der Waals surface area (Å²) in [7, 11) is 0. The third-order valence-corrected chi connectivity index (χ3v) is 4.90. The third kappa shape index (κ3) is 5.27. The zero-order valence-electron chi connectivity index (χ0n) is 14.8. The molecule has 1 aliphatic carbocycles. The zero-order chi connectivity index (χ0) is 18.1. The van der Waals surface area contributed by atoms with E-state index in [9.17, 15) is 13.6 Å². The first kappa shape index (κ1) is 19.4. The molecule has 1 aromatic carbocycles. The quantitative estimate of drug-likeness (QED) is 0.621. The predicted octanol–water partition coefficient (Wildman–Crippen LogP) is 6.43. The second-order valence-corrected chi connectivity index (χ2v) is 9.02. The van der Waals surface area contributed by atoms with E-state index in [2.05, 4.69) is 21.2 Å². The van der Waals surface area contributed by atoms with Crippen LogP contribution in [0.2, 0.25) is 0 Å². The first-order valence-electron chi connectivity index (χ1n) is 8.45. The molecule has 0 bridgehead atoms. The molecule has 0 heterocycles. The van der Waals surface area contributed by atoms with E-state index in [0.29, 0.717) is 19.3 Å². The van der Waals surface area contributed by atoms with Gasteiger partial charge in [-0.15, -0.1) is 0 Å². The maximum absolute atomic E-state index is 13.5. The molecule has 0 saturated heterocycles. The molecule has 1 amide bonds. The molecule has 0 radical (unpaired) electrons. The highest BCUT2D eigenvalue weighted by molar-refractivity contribution is 9.10. The van der Waals surface area contributed by atoms with Gasteiger partial charge in [0, 0.05) is 29.4 Å². The third-order valence-electron chi connectivity index (χ3n) is 4.44. The van der Waals surface area contributed by atoms with Crippen LogP contribution in [0, 0.1) is 12.3 Å². The van der Waals surface area contributed by atoms with Crippen LogP contribution in [0.4, 0.5) is 14.5 Å². The van der Waals surface area contributed by atoms with Gasteiger partial charge in [-0.2, -0.15) is 0 Å². The molecule has 134 valence electrons. The Balaban J connectivity index is 2.26. The Morgan fingerprint density at radius 2 is 1.88 bits per heavy atom. The Morgan fingerprint density at radius 3 is 2.42 bits per heavy atom. The number of carbonyl (C=O) groups is 1. The van der Waals surface area contributed by atoms with Crippen molar-refractivity contribution in [1.82, 2.24) is 0 Å². The molecule has 1 fully saturated rings. The van der Waals surface area contributed by atoms with Crippen molar-refractivity contribution < 1.29 is 13.6 Å². The first-order valence-corrected chi connectivity index (χ1v) is 9.24. The number of hydrogen-bond acceptors (Lipinski definition) is 1. The Morgan fingerprint density at radius 1 is 1.29 bits per heavy atom. The zero-order valence-corrected chi connectivity index (χ0v) is 16.4. The van der Waals surface area contributed by atoms with Crippen molar-refractivity contribution in [3.63, 3.8) is 0 Å². The van der Waals surface area contributed by atoms with Gasteiger partial charge < -0.3 is 5.32 Å². The SMILES string of the molecule is Cc1cc(Br)cc(C2CCC(F)(F)CC2)c1NC(=O)CC(C)(C)C. The summed E-state index contributed by atoms with van der Waals surface area (Å²) in [5.74, 6) is -2.52. The smallest absolute Gasteiger partial charge is 0.248 e. The van der Waals surface area contributed by atoms with E-state index in [-0.39, 0.29) is 30.1 Å². The molecule has 24 heavy (non-hydrogen) atoms. The molecule has 0 aliphatic heterocycles. The topological polar surface area (TPSA) is 29.1 Å². The number of nitrogens with one attached hydrogen (secondary N) is 1. The predicted molar refractivity (Wildman–Crippen MR) is 97.7 cm³/mol. The number of amides is 1. The number of benzene rings is 1. The summed E-state index contributed by atoms with van der Waals surface area (Å²) < 4.78 is 27.9. The van der Waals surface area contributed by atoms with Gasteiger partial charge in [0.25, 0.3) is 0 Å². The highest BCUT2D eigenvalue weighted by atomic mass is 79.9. The van der Waals surface area contributed by atoms with E-state index >= 15 is 0 Å². The van der Waals surface area contributed by atoms with Crippen LogP contribution >= 0.6 is 15.9 Å². The highest BCUT2D eigenvalue weighted by Gasteiger charge is 2.36. The molecular formula is C19H26BrF2NO. The number of hydrogen-bond donors (Lipinski definition) is 1. The fourth-order valence-corrected chi connectivity index (χ4v) is 3.87. The minimum atomic E-state index is -2.55. The molecule has 1 aromatic rings. The monoisotopic (exact) mass is 401 g/mol. The van der Waals surface area contributed by atoms with Gasteiger partial charge in [-0.05, 0) is 54.4 Å². The van der Waals surface area contributed by atoms with Gasteiger partial charge in [0.15, 0.2) is 0 Å². The molecular weight excluding hydrogens is 376 g/mol. The molecule has 0 atom stereocenters. The van der Waals surface area contributed by atoms with Gasteiger partial charge in [-0.1, -0.05) is 36.7 Å². The van der Waals surface area contributed by atoms with Gasteiger partial charge in [0.1, 0.15) is 0 Å². The van der Waals surface area contributed by atoms with Crippen LogP contribution in [0.3, 0.4) is 0 Å². The van der Waals surface area contributed by atoms with Crippen LogP contribution in [0.5, 0.6) is 0 Å². The van der Waals surface area contributed by atoms with Gasteiger partial charge >= 0.3 is 0 Å². The fourth-order valence-electron chi connectivity index (χ4n) is 3.28. The lowest BCUT2D eigenvalue weighted by Crippen LogP contribution is -2.25. The summed E-state index contributed by atoms with van der Waals surface area (Å²) in [4.78, 5) is 12.4. The van der Waals surface area contributed by atoms with Crippen molar-refractivity contribution in [2.24, 2.45) is 5.41 Å². The lowest BCUT2D eigenvalue weighted by molar-refractivity contribution is -0.117. The van der Waals surface area contributed by atoms with Crippen molar-refractivity contribution in [2.75, 3.05) is 5.32 Å². The summed E-state index contributed by atoms with van der Waals surface area (Å²) in [6, 6.07) is 3.92. The average molecular weight is 402 g/mol. The summed E-state index contributed by atoms with van der Waals surface area (Å²) >= 11 is 3.49. The van der Waals surface area contributed by atoms with Gasteiger partial charge in [-0.25, -0.2) is 8.78 Å². The van der Waals surface area contributed by atoms with Crippen LogP contribution in [-0.2, 0) is 4.79 Å². The number of anilines is 1. The Kier molecular flexibility index (Phi) is 5.73. The summed E-state index contributed by atoms with van der Waals surface area (Å²) in [6.07, 6.45) is 1.15. The minimum absolute atomic E-state index is 0.0321. The number of carbonyl (C=O) groups excluding carboxylic acids is 1. The second kappa shape index (κ2) is 7.11. The molecule has 0 aromatic heterocycles. The molecule has 5 heteroatoms. The molecule has 2 rings (SSSR count). The lowest BCUT2D eigenvalue weighted by Gasteiger charge is -2.30. The highest BCUT2D eigenvalue weighted by Crippen LogP contribution is 2.44. The van der Waals surface area contributed by atoms with Crippen molar-refractivity contribution in [1.29, 1.82) is 0 Å². The molecule has 0 spiro atoms.